The first-order valence-corrected chi connectivity index (χ1v) is 3.13. The number of hydrogen-bond acceptors (Lipinski definition) is 2. The maximum Gasteiger partial charge on any atom is 0.321 e. The lowest BCUT2D eigenvalue weighted by Crippen LogP contribution is -2.27. The van der Waals surface area contributed by atoms with Crippen molar-refractivity contribution in [3.05, 3.63) is 0 Å². The highest BCUT2D eigenvalue weighted by Gasteiger charge is 2.12. The summed E-state index contributed by atoms with van der Waals surface area (Å²) in [6, 6.07) is -0.393. The Balaban J connectivity index is 3.64. The van der Waals surface area contributed by atoms with E-state index < -0.39 is 12.0 Å². The summed E-state index contributed by atoms with van der Waals surface area (Å²) in [4.78, 5) is 10.1. The molecule has 3 nitrogen and oxygen atoms in total. The predicted molar refractivity (Wildman–Crippen MR) is 38.9 cm³/mol. The van der Waals surface area contributed by atoms with E-state index in [4.69, 9.17) is 5.11 Å². The van der Waals surface area contributed by atoms with E-state index in [0.29, 0.717) is 0 Å². The van der Waals surface area contributed by atoms with Crippen LogP contribution in [0.5, 0.6) is 0 Å². The maximum absolute atomic E-state index is 10.1. The number of carboxylic acid groups (broad SMARTS) is 1. The molecule has 0 saturated carbocycles. The molecule has 0 aliphatic heterocycles. The van der Waals surface area contributed by atoms with E-state index in [2.05, 4.69) is 0 Å². The lowest BCUT2D eigenvalue weighted by molar-refractivity contribution is -0.140. The number of carbonyl (C=O) groups is 1. The Labute approximate surface area is 62.2 Å². The molecule has 0 rings (SSSR count). The van der Waals surface area contributed by atoms with E-state index in [0.717, 1.165) is 0 Å². The quantitative estimate of drug-likeness (QED) is 0.560. The molecule has 1 N–H and O–H groups in total. The van der Waals surface area contributed by atoms with Gasteiger partial charge in [0, 0.05) is 22.9 Å². The molecule has 4 heteroatoms. The summed E-state index contributed by atoms with van der Waals surface area (Å²) in [6.07, 6.45) is 0. The highest BCUT2D eigenvalue weighted by atomic mass is 127. The van der Waals surface area contributed by atoms with Crippen molar-refractivity contribution in [3.8, 4) is 0 Å². The number of nitrogens with zero attached hydrogens (tertiary/aromatic N) is 1. The first kappa shape index (κ1) is 8.16. The first-order chi connectivity index (χ1) is 3.55. The second kappa shape index (κ2) is 3.24. The monoisotopic (exact) mass is 229 g/mol. The largest absolute Gasteiger partial charge is 0.480 e. The fourth-order valence-electron chi connectivity index (χ4n) is 0.152. The molecule has 0 aromatic rings. The Morgan fingerprint density at radius 1 is 1.88 bits per heavy atom. The zero-order valence-corrected chi connectivity index (χ0v) is 6.92. The molecule has 0 aromatic carbocycles. The maximum atomic E-state index is 10.1. The fourth-order valence-corrected chi connectivity index (χ4v) is 0.390. The van der Waals surface area contributed by atoms with Crippen molar-refractivity contribution in [2.75, 3.05) is 7.05 Å². The minimum Gasteiger partial charge on any atom is -0.480 e. The molecule has 0 amide bonds. The van der Waals surface area contributed by atoms with Crippen molar-refractivity contribution in [2.45, 2.75) is 13.0 Å². The van der Waals surface area contributed by atoms with Gasteiger partial charge >= 0.3 is 5.97 Å². The molecule has 0 bridgehead atoms. The summed E-state index contributed by atoms with van der Waals surface area (Å²) < 4.78 is 1.61. The van der Waals surface area contributed by atoms with Gasteiger partial charge in [-0.1, -0.05) is 0 Å². The molecular formula is C4H8INO2. The van der Waals surface area contributed by atoms with Crippen molar-refractivity contribution < 1.29 is 9.90 Å². The van der Waals surface area contributed by atoms with Crippen LogP contribution in [-0.4, -0.2) is 27.3 Å². The summed E-state index contributed by atoms with van der Waals surface area (Å²) in [6.45, 7) is 1.63. The average molecular weight is 229 g/mol. The van der Waals surface area contributed by atoms with Gasteiger partial charge in [0.2, 0.25) is 0 Å². The molecule has 0 aliphatic rings. The van der Waals surface area contributed by atoms with Crippen molar-refractivity contribution >= 4 is 28.8 Å². The van der Waals surface area contributed by atoms with Crippen LogP contribution in [0, 0.1) is 0 Å². The molecule has 0 radical (unpaired) electrons. The van der Waals surface area contributed by atoms with Crippen LogP contribution < -0.4 is 0 Å². The molecule has 0 fully saturated rings. The number of carboxylic acids is 1. The van der Waals surface area contributed by atoms with Gasteiger partial charge in [0.15, 0.2) is 0 Å². The lowest BCUT2D eigenvalue weighted by atomic mass is 10.4. The minimum atomic E-state index is -0.790. The normalized spacial score (nSPS) is 14.0. The van der Waals surface area contributed by atoms with Crippen LogP contribution in [0.1, 0.15) is 6.92 Å². The van der Waals surface area contributed by atoms with E-state index in [1.54, 1.807) is 17.1 Å². The zero-order chi connectivity index (χ0) is 6.73. The molecule has 0 unspecified atom stereocenters. The molecule has 8 heavy (non-hydrogen) atoms. The van der Waals surface area contributed by atoms with Gasteiger partial charge in [-0.05, 0) is 14.0 Å². The SMILES string of the molecule is C[C@@H](C(=O)O)N(C)I. The van der Waals surface area contributed by atoms with Crippen LogP contribution in [0.25, 0.3) is 0 Å². The standard InChI is InChI=1S/C4H8INO2/c1-3(4(7)8)6(2)5/h3H,1-2H3,(H,7,8)/t3-/m0/s1. The average Bonchev–Trinajstić information content (AvgIpc) is 1.64. The third-order valence-corrected chi connectivity index (χ3v) is 1.73. The van der Waals surface area contributed by atoms with E-state index in [1.165, 1.54) is 0 Å². The Bertz CT molecular complexity index is 94.0. The molecule has 0 spiro atoms. The van der Waals surface area contributed by atoms with Crippen LogP contribution in [0.2, 0.25) is 0 Å². The molecule has 0 aromatic heterocycles. The van der Waals surface area contributed by atoms with Crippen molar-refractivity contribution in [1.29, 1.82) is 0 Å². The summed E-state index contributed by atoms with van der Waals surface area (Å²) in [5, 5.41) is 8.31. The summed E-state index contributed by atoms with van der Waals surface area (Å²) in [7, 11) is 1.72. The van der Waals surface area contributed by atoms with Gasteiger partial charge in [0.1, 0.15) is 6.04 Å². The van der Waals surface area contributed by atoms with E-state index in [9.17, 15) is 4.79 Å². The topological polar surface area (TPSA) is 40.5 Å². The summed E-state index contributed by atoms with van der Waals surface area (Å²) >= 11 is 1.94. The van der Waals surface area contributed by atoms with Crippen LogP contribution in [-0.2, 0) is 4.79 Å². The smallest absolute Gasteiger partial charge is 0.321 e. The number of aliphatic carboxylic acids is 1. The molecule has 0 aliphatic carbocycles. The zero-order valence-electron chi connectivity index (χ0n) is 4.76. The van der Waals surface area contributed by atoms with E-state index in [-0.39, 0.29) is 0 Å². The molecule has 0 saturated heterocycles. The van der Waals surface area contributed by atoms with Crippen LogP contribution in [0.4, 0.5) is 0 Å². The van der Waals surface area contributed by atoms with E-state index >= 15 is 0 Å². The molecule has 0 heterocycles. The number of rotatable bonds is 2. The van der Waals surface area contributed by atoms with Crippen LogP contribution in [0.3, 0.4) is 0 Å². The van der Waals surface area contributed by atoms with Crippen LogP contribution >= 0.6 is 22.9 Å². The Morgan fingerprint density at radius 2 is 2.25 bits per heavy atom. The van der Waals surface area contributed by atoms with Gasteiger partial charge < -0.3 is 5.11 Å². The minimum absolute atomic E-state index is 0.393. The van der Waals surface area contributed by atoms with Gasteiger partial charge in [0.25, 0.3) is 0 Å². The van der Waals surface area contributed by atoms with Crippen molar-refractivity contribution in [1.82, 2.24) is 3.11 Å². The number of hydrogen-bond donors (Lipinski definition) is 1. The first-order valence-electron chi connectivity index (χ1n) is 2.17. The third kappa shape index (κ3) is 2.46. The van der Waals surface area contributed by atoms with Crippen LogP contribution in [0.15, 0.2) is 0 Å². The number of halogens is 1. The van der Waals surface area contributed by atoms with Gasteiger partial charge in [-0.3, -0.25) is 4.79 Å². The van der Waals surface area contributed by atoms with Crippen molar-refractivity contribution in [2.24, 2.45) is 0 Å². The second-order valence-electron chi connectivity index (χ2n) is 1.54. The van der Waals surface area contributed by atoms with Gasteiger partial charge in [-0.2, -0.15) is 0 Å². The third-order valence-electron chi connectivity index (χ3n) is 0.891. The van der Waals surface area contributed by atoms with Gasteiger partial charge in [0.05, 0.1) is 0 Å². The number of likely N-dealkylation sites (N-methyl/N-ethyl adjacent to an activating group) is 1. The summed E-state index contributed by atoms with van der Waals surface area (Å²) in [5.74, 6) is -0.790. The second-order valence-corrected chi connectivity index (χ2v) is 3.06. The van der Waals surface area contributed by atoms with Gasteiger partial charge in [-0.15, -0.1) is 0 Å². The van der Waals surface area contributed by atoms with Crippen molar-refractivity contribution in [3.63, 3.8) is 0 Å². The fraction of sp³-hybridized carbons (Fsp3) is 0.750. The highest BCUT2D eigenvalue weighted by Crippen LogP contribution is 2.00. The Morgan fingerprint density at radius 3 is 2.25 bits per heavy atom. The van der Waals surface area contributed by atoms with Gasteiger partial charge in [-0.25, -0.2) is 3.11 Å². The Hall–Kier alpha value is 0.160. The Kier molecular flexibility index (Phi) is 3.30. The summed E-state index contributed by atoms with van der Waals surface area (Å²) in [5.41, 5.74) is 0. The lowest BCUT2D eigenvalue weighted by Gasteiger charge is -2.10. The molecular weight excluding hydrogens is 221 g/mol. The van der Waals surface area contributed by atoms with E-state index in [1.807, 2.05) is 22.9 Å². The predicted octanol–water partition coefficient (Wildman–Crippen LogP) is 0.741. The molecule has 48 valence electrons. The highest BCUT2D eigenvalue weighted by molar-refractivity contribution is 14.1. The molecule has 1 atom stereocenters.